The van der Waals surface area contributed by atoms with Gasteiger partial charge in [-0.1, -0.05) is 6.42 Å². The van der Waals surface area contributed by atoms with Crippen molar-refractivity contribution >= 4 is 27.6 Å². The van der Waals surface area contributed by atoms with Crippen LogP contribution in [-0.2, 0) is 19.6 Å². The second-order valence-electron chi connectivity index (χ2n) is 7.27. The van der Waals surface area contributed by atoms with Crippen molar-refractivity contribution in [3.8, 4) is 0 Å². The lowest BCUT2D eigenvalue weighted by Gasteiger charge is -2.26. The Balaban J connectivity index is 1.73. The van der Waals surface area contributed by atoms with Crippen molar-refractivity contribution < 1.29 is 35.9 Å². The van der Waals surface area contributed by atoms with Gasteiger partial charge in [0.25, 0.3) is 5.91 Å². The molecule has 7 nitrogen and oxygen atoms in total. The minimum Gasteiger partial charge on any atom is -0.449 e. The summed E-state index contributed by atoms with van der Waals surface area (Å²) < 4.78 is 72.7. The maximum Gasteiger partial charge on any atom is 0.338 e. The topological polar surface area (TPSA) is 92.8 Å². The van der Waals surface area contributed by atoms with Crippen LogP contribution in [-0.4, -0.2) is 43.8 Å². The molecule has 32 heavy (non-hydrogen) atoms. The van der Waals surface area contributed by atoms with Crippen LogP contribution in [0.25, 0.3) is 0 Å². The number of ether oxygens (including phenoxy) is 1. The number of sulfonamides is 1. The van der Waals surface area contributed by atoms with Crippen LogP contribution < -0.4 is 5.32 Å². The SMILES string of the molecule is CC(OC(=O)c1ccc(F)c(S(=O)(=O)N2CCCCC2)c1)C(=O)Nc1ccc(F)cc1F. The summed E-state index contributed by atoms with van der Waals surface area (Å²) >= 11 is 0. The van der Waals surface area contributed by atoms with Crippen molar-refractivity contribution in [2.45, 2.75) is 37.2 Å². The van der Waals surface area contributed by atoms with E-state index >= 15 is 0 Å². The predicted molar refractivity (Wildman–Crippen MR) is 109 cm³/mol. The van der Waals surface area contributed by atoms with Crippen LogP contribution in [0.4, 0.5) is 18.9 Å². The molecule has 1 amide bonds. The van der Waals surface area contributed by atoms with Gasteiger partial charge in [-0.2, -0.15) is 4.31 Å². The highest BCUT2D eigenvalue weighted by Crippen LogP contribution is 2.24. The summed E-state index contributed by atoms with van der Waals surface area (Å²) in [6, 6.07) is 5.27. The average molecular weight is 470 g/mol. The van der Waals surface area contributed by atoms with Crippen LogP contribution in [0.5, 0.6) is 0 Å². The van der Waals surface area contributed by atoms with E-state index in [9.17, 15) is 31.2 Å². The Kier molecular flexibility index (Phi) is 7.19. The maximum absolute atomic E-state index is 14.3. The highest BCUT2D eigenvalue weighted by atomic mass is 32.2. The van der Waals surface area contributed by atoms with Gasteiger partial charge in [-0.25, -0.2) is 26.4 Å². The Morgan fingerprint density at radius 3 is 2.34 bits per heavy atom. The Morgan fingerprint density at radius 1 is 1.00 bits per heavy atom. The maximum atomic E-state index is 14.3. The van der Waals surface area contributed by atoms with Crippen LogP contribution in [0.2, 0.25) is 0 Å². The standard InChI is InChI=1S/C21H21F3N2O5S/c1-13(20(27)25-18-8-6-15(22)12-17(18)24)31-21(28)14-5-7-16(23)19(11-14)32(29,30)26-9-3-2-4-10-26/h5-8,11-13H,2-4,9-10H2,1H3,(H,25,27). The number of rotatable bonds is 6. The van der Waals surface area contributed by atoms with Gasteiger partial charge in [0.15, 0.2) is 6.10 Å². The molecule has 1 fully saturated rings. The first-order valence-corrected chi connectivity index (χ1v) is 11.3. The van der Waals surface area contributed by atoms with Gasteiger partial charge in [0.2, 0.25) is 10.0 Å². The quantitative estimate of drug-likeness (QED) is 0.653. The van der Waals surface area contributed by atoms with Crippen molar-refractivity contribution in [2.24, 2.45) is 0 Å². The number of benzene rings is 2. The van der Waals surface area contributed by atoms with Crippen molar-refractivity contribution in [3.05, 3.63) is 59.4 Å². The molecular formula is C21H21F3N2O5S. The molecule has 1 atom stereocenters. The summed E-state index contributed by atoms with van der Waals surface area (Å²) in [6.45, 7) is 1.73. The minimum absolute atomic E-state index is 0.258. The first-order valence-electron chi connectivity index (χ1n) is 9.86. The summed E-state index contributed by atoms with van der Waals surface area (Å²) in [5.74, 6) is -4.81. The van der Waals surface area contributed by atoms with Crippen LogP contribution in [0, 0.1) is 17.5 Å². The molecule has 0 radical (unpaired) electrons. The summed E-state index contributed by atoms with van der Waals surface area (Å²) in [5, 5.41) is 2.16. The molecule has 1 unspecified atom stereocenters. The fourth-order valence-electron chi connectivity index (χ4n) is 3.18. The van der Waals surface area contributed by atoms with Crippen molar-refractivity contribution in [1.29, 1.82) is 0 Å². The number of esters is 1. The lowest BCUT2D eigenvalue weighted by molar-refractivity contribution is -0.123. The molecule has 172 valence electrons. The van der Waals surface area contributed by atoms with E-state index in [-0.39, 0.29) is 24.3 Å². The van der Waals surface area contributed by atoms with E-state index in [1.165, 1.54) is 6.92 Å². The normalized spacial score (nSPS) is 15.8. The highest BCUT2D eigenvalue weighted by molar-refractivity contribution is 7.89. The molecule has 0 aliphatic carbocycles. The van der Waals surface area contributed by atoms with Gasteiger partial charge in [0, 0.05) is 19.2 Å². The molecule has 1 aliphatic heterocycles. The molecule has 0 saturated carbocycles. The number of hydrogen-bond donors (Lipinski definition) is 1. The number of carbonyl (C=O) groups excluding carboxylic acids is 2. The minimum atomic E-state index is -4.14. The van der Waals surface area contributed by atoms with Crippen molar-refractivity contribution in [1.82, 2.24) is 4.31 Å². The third-order valence-corrected chi connectivity index (χ3v) is 6.86. The molecule has 11 heteroatoms. The highest BCUT2D eigenvalue weighted by Gasteiger charge is 2.30. The second-order valence-corrected chi connectivity index (χ2v) is 9.18. The van der Waals surface area contributed by atoms with Gasteiger partial charge in [-0.05, 0) is 50.1 Å². The van der Waals surface area contributed by atoms with E-state index in [2.05, 4.69) is 5.32 Å². The fourth-order valence-corrected chi connectivity index (χ4v) is 4.79. The van der Waals surface area contributed by atoms with Crippen LogP contribution in [0.3, 0.4) is 0 Å². The van der Waals surface area contributed by atoms with E-state index in [1.54, 1.807) is 0 Å². The number of halogens is 3. The van der Waals surface area contributed by atoms with Gasteiger partial charge < -0.3 is 10.1 Å². The molecular weight excluding hydrogens is 449 g/mol. The molecule has 3 rings (SSSR count). The summed E-state index contributed by atoms with van der Waals surface area (Å²) in [5.41, 5.74) is -0.578. The first kappa shape index (κ1) is 23.7. The second kappa shape index (κ2) is 9.70. The number of amides is 1. The Morgan fingerprint density at radius 2 is 1.69 bits per heavy atom. The molecule has 2 aromatic carbocycles. The third-order valence-electron chi connectivity index (χ3n) is 4.94. The lowest BCUT2D eigenvalue weighted by atomic mass is 10.2. The van der Waals surface area contributed by atoms with E-state index in [4.69, 9.17) is 4.74 Å². The molecule has 1 aliphatic rings. The zero-order valence-corrected chi connectivity index (χ0v) is 17.9. The Labute approximate surface area is 183 Å². The number of nitrogens with one attached hydrogen (secondary N) is 1. The number of carbonyl (C=O) groups is 2. The number of nitrogens with zero attached hydrogens (tertiary/aromatic N) is 1. The Hall–Kier alpha value is -2.92. The predicted octanol–water partition coefficient (Wildman–Crippen LogP) is 3.46. The Bertz CT molecular complexity index is 1130. The summed E-state index contributed by atoms with van der Waals surface area (Å²) in [4.78, 5) is 24.0. The van der Waals surface area contributed by atoms with Gasteiger partial charge >= 0.3 is 5.97 Å². The van der Waals surface area contributed by atoms with E-state index in [1.807, 2.05) is 0 Å². The molecule has 0 bridgehead atoms. The zero-order valence-electron chi connectivity index (χ0n) is 17.1. The smallest absolute Gasteiger partial charge is 0.338 e. The van der Waals surface area contributed by atoms with Crippen molar-refractivity contribution in [2.75, 3.05) is 18.4 Å². The summed E-state index contributed by atoms with van der Waals surface area (Å²) in [6.07, 6.45) is 0.787. The molecule has 1 N–H and O–H groups in total. The van der Waals surface area contributed by atoms with E-state index in [0.717, 1.165) is 41.1 Å². The number of piperidine rings is 1. The van der Waals surface area contributed by atoms with Gasteiger partial charge in [-0.15, -0.1) is 0 Å². The summed E-state index contributed by atoms with van der Waals surface area (Å²) in [7, 11) is -4.14. The monoisotopic (exact) mass is 470 g/mol. The third kappa shape index (κ3) is 5.28. The zero-order chi connectivity index (χ0) is 23.5. The molecule has 0 spiro atoms. The average Bonchev–Trinajstić information content (AvgIpc) is 2.76. The van der Waals surface area contributed by atoms with E-state index in [0.29, 0.717) is 18.9 Å². The fraction of sp³-hybridized carbons (Fsp3) is 0.333. The first-order chi connectivity index (χ1) is 15.1. The van der Waals surface area contributed by atoms with Gasteiger partial charge in [0.1, 0.15) is 22.3 Å². The lowest BCUT2D eigenvalue weighted by Crippen LogP contribution is -2.36. The molecule has 1 saturated heterocycles. The van der Waals surface area contributed by atoms with Gasteiger partial charge in [0.05, 0.1) is 11.3 Å². The van der Waals surface area contributed by atoms with Gasteiger partial charge in [-0.3, -0.25) is 4.79 Å². The van der Waals surface area contributed by atoms with Crippen LogP contribution in [0.15, 0.2) is 41.3 Å². The number of hydrogen-bond acceptors (Lipinski definition) is 5. The van der Waals surface area contributed by atoms with Crippen molar-refractivity contribution in [3.63, 3.8) is 0 Å². The molecule has 0 aromatic heterocycles. The van der Waals surface area contributed by atoms with Crippen LogP contribution >= 0.6 is 0 Å². The molecule has 1 heterocycles. The number of anilines is 1. The van der Waals surface area contributed by atoms with Crippen LogP contribution in [0.1, 0.15) is 36.5 Å². The largest absolute Gasteiger partial charge is 0.449 e. The van der Waals surface area contributed by atoms with E-state index < -0.39 is 50.4 Å². The molecule has 2 aromatic rings.